The molecule has 2 aromatic rings. The molecule has 49 heavy (non-hydrogen) atoms. The van der Waals surface area contributed by atoms with Crippen LogP contribution in [0.4, 0.5) is 62.8 Å². The Morgan fingerprint density at radius 3 is 1.41 bits per heavy atom. The zero-order valence-corrected chi connectivity index (χ0v) is 29.1. The maximum Gasteiger partial charge on any atom is 0.460 e. The van der Waals surface area contributed by atoms with Crippen LogP contribution in [0.3, 0.4) is 0 Å². The van der Waals surface area contributed by atoms with Crippen LogP contribution in [-0.4, -0.2) is 48.9 Å². The van der Waals surface area contributed by atoms with Crippen LogP contribution in [0.1, 0.15) is 82.8 Å². The quantitative estimate of drug-likeness (QED) is 0.0565. The van der Waals surface area contributed by atoms with Gasteiger partial charge in [-0.05, 0) is 36.1 Å². The number of nitrogens with zero attached hydrogens (tertiary/aromatic N) is 2. The molecule has 0 aliphatic heterocycles. The molecule has 0 saturated carbocycles. The fourth-order valence-electron chi connectivity index (χ4n) is 4.78. The first-order valence-electron chi connectivity index (χ1n) is 15.6. The SMILES string of the molecule is CCCCCCN(CCCCCC)c1ccc(/C=C/c2cc[n+](CCC(F)(F)C(F)(F)C(F)(F)C(F)(F)C(F)(F)C(F)(F)F)cc2)cc1.[I-]. The number of rotatable bonds is 20. The van der Waals surface area contributed by atoms with E-state index in [2.05, 4.69) is 18.7 Å². The van der Waals surface area contributed by atoms with Gasteiger partial charge in [0, 0.05) is 30.9 Å². The van der Waals surface area contributed by atoms with E-state index in [0.29, 0.717) is 5.56 Å². The number of pyridine rings is 1. The van der Waals surface area contributed by atoms with Gasteiger partial charge in [0.2, 0.25) is 0 Å². The van der Waals surface area contributed by atoms with E-state index in [-0.39, 0.29) is 24.0 Å². The lowest BCUT2D eigenvalue weighted by Gasteiger charge is -2.39. The molecular formula is C33H40F13IN2. The summed E-state index contributed by atoms with van der Waals surface area (Å²) in [6.07, 6.45) is 4.92. The van der Waals surface area contributed by atoms with Crippen molar-refractivity contribution in [2.75, 3.05) is 18.0 Å². The summed E-state index contributed by atoms with van der Waals surface area (Å²) in [5, 5.41) is 0. The molecule has 1 aromatic carbocycles. The summed E-state index contributed by atoms with van der Waals surface area (Å²) in [4.78, 5) is 2.36. The Hall–Kier alpha value is -2.27. The summed E-state index contributed by atoms with van der Waals surface area (Å²) in [5.74, 6) is -36.8. The minimum absolute atomic E-state index is 0. The van der Waals surface area contributed by atoms with Gasteiger partial charge in [0.05, 0.1) is 6.42 Å². The Morgan fingerprint density at radius 1 is 0.551 bits per heavy atom. The molecule has 0 saturated heterocycles. The molecule has 16 heteroatoms. The zero-order chi connectivity index (χ0) is 36.4. The van der Waals surface area contributed by atoms with E-state index in [9.17, 15) is 57.1 Å². The molecule has 1 heterocycles. The first kappa shape index (κ1) is 44.8. The fourth-order valence-corrected chi connectivity index (χ4v) is 4.78. The summed E-state index contributed by atoms with van der Waals surface area (Å²) in [6, 6.07) is 10.5. The van der Waals surface area contributed by atoms with Gasteiger partial charge in [-0.3, -0.25) is 0 Å². The third-order valence-electron chi connectivity index (χ3n) is 7.89. The fraction of sp³-hybridized carbons (Fsp3) is 0.606. The lowest BCUT2D eigenvalue weighted by Crippen LogP contribution is -3.00. The Morgan fingerprint density at radius 2 is 0.980 bits per heavy atom. The van der Waals surface area contributed by atoms with E-state index in [4.69, 9.17) is 0 Å². The molecule has 0 atom stereocenters. The highest BCUT2D eigenvalue weighted by atomic mass is 127. The lowest BCUT2D eigenvalue weighted by molar-refractivity contribution is -0.700. The number of halogens is 14. The third kappa shape index (κ3) is 10.9. The summed E-state index contributed by atoms with van der Waals surface area (Å²) in [6.45, 7) is 4.99. The topological polar surface area (TPSA) is 7.12 Å². The van der Waals surface area contributed by atoms with Gasteiger partial charge < -0.3 is 28.9 Å². The van der Waals surface area contributed by atoms with Crippen molar-refractivity contribution in [2.45, 2.75) is 114 Å². The minimum Gasteiger partial charge on any atom is -1.00 e. The largest absolute Gasteiger partial charge is 1.00 e. The van der Waals surface area contributed by atoms with Crippen LogP contribution in [-0.2, 0) is 6.54 Å². The molecule has 0 spiro atoms. The second-order valence-electron chi connectivity index (χ2n) is 11.7. The third-order valence-corrected chi connectivity index (χ3v) is 7.89. The summed E-state index contributed by atoms with van der Waals surface area (Å²) in [7, 11) is 0. The highest BCUT2D eigenvalue weighted by molar-refractivity contribution is 5.70. The molecule has 2 nitrogen and oxygen atoms in total. The van der Waals surface area contributed by atoms with Crippen LogP contribution in [0, 0.1) is 0 Å². The number of alkyl halides is 13. The zero-order valence-electron chi connectivity index (χ0n) is 26.9. The first-order valence-corrected chi connectivity index (χ1v) is 15.6. The highest BCUT2D eigenvalue weighted by Crippen LogP contribution is 2.60. The molecule has 0 bridgehead atoms. The molecule has 0 aliphatic rings. The van der Waals surface area contributed by atoms with E-state index in [0.717, 1.165) is 79.8 Å². The molecule has 1 aromatic heterocycles. The van der Waals surface area contributed by atoms with E-state index in [1.54, 1.807) is 12.2 Å². The predicted octanol–water partition coefficient (Wildman–Crippen LogP) is 8.24. The van der Waals surface area contributed by atoms with Crippen LogP contribution in [0.15, 0.2) is 48.8 Å². The average Bonchev–Trinajstić information content (AvgIpc) is 3.02. The van der Waals surface area contributed by atoms with E-state index in [1.807, 2.05) is 24.3 Å². The van der Waals surface area contributed by atoms with Crippen molar-refractivity contribution in [2.24, 2.45) is 0 Å². The van der Waals surface area contributed by atoms with Crippen molar-refractivity contribution >= 4 is 17.8 Å². The van der Waals surface area contributed by atoms with Gasteiger partial charge in [-0.2, -0.15) is 57.1 Å². The molecule has 0 aliphatic carbocycles. The molecule has 0 unspecified atom stereocenters. The Labute approximate surface area is 294 Å². The van der Waals surface area contributed by atoms with Gasteiger partial charge in [0.25, 0.3) is 0 Å². The number of aryl methyl sites for hydroxylation is 1. The minimum atomic E-state index is -7.89. The number of benzene rings is 1. The number of unbranched alkanes of at least 4 members (excludes halogenated alkanes) is 6. The monoisotopic (exact) mass is 838 g/mol. The van der Waals surface area contributed by atoms with Crippen molar-refractivity contribution in [3.8, 4) is 0 Å². The standard InChI is InChI=1S/C33H40F13N2.HI/c1-3-5-7-9-20-48(21-10-8-6-4-2)27-15-13-25(14-16-27)11-12-26-17-22-47(23-18-26)24-19-28(34,35)29(36,37)30(38,39)31(40,41)32(42,43)33(44,45)46;/h11-18,22-23H,3-10,19-21,24H2,1-2H3;1H/q+1;/p-1. The van der Waals surface area contributed by atoms with Gasteiger partial charge in [-0.1, -0.05) is 76.7 Å². The van der Waals surface area contributed by atoms with Crippen LogP contribution in [0.5, 0.6) is 0 Å². The molecule has 0 fully saturated rings. The molecular weight excluding hydrogens is 798 g/mol. The molecule has 0 N–H and O–H groups in total. The van der Waals surface area contributed by atoms with Crippen molar-refractivity contribution in [3.05, 3.63) is 59.9 Å². The maximum atomic E-state index is 14.1. The Kier molecular flexibility index (Phi) is 16.7. The van der Waals surface area contributed by atoms with E-state index < -0.39 is 48.8 Å². The molecule has 0 radical (unpaired) electrons. The summed E-state index contributed by atoms with van der Waals surface area (Å²) >= 11 is 0. The van der Waals surface area contributed by atoms with E-state index >= 15 is 0 Å². The lowest BCUT2D eigenvalue weighted by atomic mass is 9.92. The van der Waals surface area contributed by atoms with Crippen LogP contribution >= 0.6 is 0 Å². The molecule has 0 amide bonds. The number of anilines is 1. The summed E-state index contributed by atoms with van der Waals surface area (Å²) < 4.78 is 174. The number of hydrogen-bond acceptors (Lipinski definition) is 1. The normalized spacial score (nSPS) is 13.5. The van der Waals surface area contributed by atoms with Crippen LogP contribution < -0.4 is 33.4 Å². The Balaban J connectivity index is 0.0000120. The molecule has 280 valence electrons. The van der Waals surface area contributed by atoms with Crippen molar-refractivity contribution in [3.63, 3.8) is 0 Å². The average molecular weight is 839 g/mol. The predicted molar refractivity (Wildman–Crippen MR) is 158 cm³/mol. The Bertz CT molecular complexity index is 1270. The van der Waals surface area contributed by atoms with E-state index in [1.165, 1.54) is 25.0 Å². The summed E-state index contributed by atoms with van der Waals surface area (Å²) in [5.41, 5.74) is 2.41. The van der Waals surface area contributed by atoms with Gasteiger partial charge in [-0.15, -0.1) is 0 Å². The van der Waals surface area contributed by atoms with Gasteiger partial charge in [-0.25, -0.2) is 4.57 Å². The van der Waals surface area contributed by atoms with Crippen LogP contribution in [0.25, 0.3) is 12.2 Å². The van der Waals surface area contributed by atoms with Gasteiger partial charge in [0.15, 0.2) is 18.9 Å². The second-order valence-corrected chi connectivity index (χ2v) is 11.7. The van der Waals surface area contributed by atoms with Gasteiger partial charge >= 0.3 is 35.8 Å². The van der Waals surface area contributed by atoms with Crippen LogP contribution in [0.2, 0.25) is 0 Å². The van der Waals surface area contributed by atoms with Crippen molar-refractivity contribution < 1.29 is 85.6 Å². The first-order chi connectivity index (χ1) is 22.2. The second kappa shape index (κ2) is 18.3. The number of aromatic nitrogens is 1. The maximum absolute atomic E-state index is 14.1. The van der Waals surface area contributed by atoms with Crippen molar-refractivity contribution in [1.29, 1.82) is 0 Å². The number of hydrogen-bond donors (Lipinski definition) is 0. The van der Waals surface area contributed by atoms with Gasteiger partial charge in [0.1, 0.15) is 0 Å². The highest BCUT2D eigenvalue weighted by Gasteiger charge is 2.90. The van der Waals surface area contributed by atoms with Crippen molar-refractivity contribution in [1.82, 2.24) is 0 Å². The molecule has 2 rings (SSSR count). The smallest absolute Gasteiger partial charge is 0.460 e.